The van der Waals surface area contributed by atoms with E-state index in [9.17, 15) is 4.79 Å². The van der Waals surface area contributed by atoms with Gasteiger partial charge in [-0.15, -0.1) is 0 Å². The molecule has 1 fully saturated rings. The predicted octanol–water partition coefficient (Wildman–Crippen LogP) is 5.38. The first-order valence-electron chi connectivity index (χ1n) is 11.5. The Bertz CT molecular complexity index is 1270. The predicted molar refractivity (Wildman–Crippen MR) is 145 cm³/mol. The average Bonchev–Trinajstić information content (AvgIpc) is 3.21. The number of likely N-dealkylation sites (tertiary alicyclic amines) is 1. The Kier molecular flexibility index (Phi) is 6.81. The van der Waals surface area contributed by atoms with Gasteiger partial charge in [-0.25, -0.2) is 4.99 Å². The number of halogens is 1. The second-order valence-corrected chi connectivity index (χ2v) is 10.4. The molecule has 5 rings (SSSR count). The van der Waals surface area contributed by atoms with Gasteiger partial charge in [-0.2, -0.15) is 0 Å². The van der Waals surface area contributed by atoms with Crippen molar-refractivity contribution in [1.29, 1.82) is 0 Å². The summed E-state index contributed by atoms with van der Waals surface area (Å²) in [6.07, 6.45) is 3.50. The molecule has 2 aliphatic heterocycles. The number of rotatable bonds is 5. The summed E-state index contributed by atoms with van der Waals surface area (Å²) in [5, 5.41) is 4.82. The Morgan fingerprint density at radius 3 is 2.65 bits per heavy atom. The van der Waals surface area contributed by atoms with Gasteiger partial charge in [-0.05, 0) is 30.8 Å². The topological polar surface area (TPSA) is 70.0 Å². The normalized spacial score (nSPS) is 17.6. The van der Waals surface area contributed by atoms with E-state index >= 15 is 0 Å². The van der Waals surface area contributed by atoms with Crippen LogP contribution in [0.25, 0.3) is 10.9 Å². The summed E-state index contributed by atoms with van der Waals surface area (Å²) >= 11 is 4.97. The molecule has 0 radical (unpaired) electrons. The van der Waals surface area contributed by atoms with Crippen molar-refractivity contribution in [2.24, 2.45) is 9.98 Å². The molecule has 0 unspecified atom stereocenters. The van der Waals surface area contributed by atoms with Gasteiger partial charge < -0.3 is 10.2 Å². The van der Waals surface area contributed by atoms with E-state index in [1.54, 1.807) is 6.20 Å². The first kappa shape index (κ1) is 23.2. The number of thioether (sulfide) groups is 1. The highest BCUT2D eigenvalue weighted by atomic mass is 79.9. The molecule has 0 saturated carbocycles. The lowest BCUT2D eigenvalue weighted by atomic mass is 9.98. The first-order valence-corrected chi connectivity index (χ1v) is 13.3. The summed E-state index contributed by atoms with van der Waals surface area (Å²) in [4.78, 5) is 29.9. The fraction of sp³-hybridized carbons (Fsp3) is 0.308. The number of aromatic nitrogens is 1. The zero-order valence-corrected chi connectivity index (χ0v) is 21.4. The minimum Gasteiger partial charge on any atom is -0.324 e. The Hall–Kier alpha value is -2.55. The van der Waals surface area contributed by atoms with Crippen LogP contribution in [0.2, 0.25) is 0 Å². The number of nitrogens with zero attached hydrogens (tertiary/aromatic N) is 4. The number of carbonyl (C=O) groups is 1. The third kappa shape index (κ3) is 5.09. The molecule has 2 aromatic carbocycles. The molecule has 6 nitrogen and oxygen atoms in total. The van der Waals surface area contributed by atoms with Crippen LogP contribution in [-0.2, 0) is 4.79 Å². The number of fused-ring (bicyclic) bond motifs is 1. The Morgan fingerprint density at radius 2 is 1.88 bits per heavy atom. The van der Waals surface area contributed by atoms with E-state index in [1.165, 1.54) is 11.8 Å². The number of amides is 1. The highest BCUT2D eigenvalue weighted by Gasteiger charge is 2.39. The fourth-order valence-corrected chi connectivity index (χ4v) is 5.48. The fourth-order valence-electron chi connectivity index (χ4n) is 4.34. The standard InChI is InChI=1S/C26H26BrN5OS/c1-2-32-13-11-26(12-14-32)30-24(18-7-9-20(27)10-8-18)25(31-26)34-17-23(33)29-21-15-19-5-3-4-6-22(19)28-16-21/h3-10,15-16H,2,11-14,17H2,1H3,(H,29,33). The quantitative estimate of drug-likeness (QED) is 0.475. The molecule has 1 saturated heterocycles. The van der Waals surface area contributed by atoms with Gasteiger partial charge in [-0.1, -0.05) is 64.9 Å². The number of pyridine rings is 1. The maximum atomic E-state index is 12.8. The number of aliphatic imine (C=N–C) groups is 2. The average molecular weight is 536 g/mol. The summed E-state index contributed by atoms with van der Waals surface area (Å²) in [5.74, 6) is 0.181. The number of carbonyl (C=O) groups excluding carboxylic acids is 1. The Morgan fingerprint density at radius 1 is 1.12 bits per heavy atom. The molecule has 0 atom stereocenters. The van der Waals surface area contributed by atoms with Gasteiger partial charge in [0.15, 0.2) is 5.66 Å². The molecule has 3 aromatic rings. The molecule has 8 heteroatoms. The molecule has 1 N–H and O–H groups in total. The number of para-hydroxylation sites is 1. The van der Waals surface area contributed by atoms with Crippen LogP contribution in [0.5, 0.6) is 0 Å². The number of hydrogen-bond acceptors (Lipinski definition) is 6. The zero-order chi connectivity index (χ0) is 23.5. The molecule has 1 amide bonds. The molecule has 34 heavy (non-hydrogen) atoms. The van der Waals surface area contributed by atoms with Gasteiger partial charge in [0.2, 0.25) is 5.91 Å². The maximum absolute atomic E-state index is 12.8. The van der Waals surface area contributed by atoms with Crippen molar-refractivity contribution < 1.29 is 4.79 Å². The lowest BCUT2D eigenvalue weighted by molar-refractivity contribution is -0.113. The monoisotopic (exact) mass is 535 g/mol. The summed E-state index contributed by atoms with van der Waals surface area (Å²) < 4.78 is 1.02. The van der Waals surface area contributed by atoms with Crippen molar-refractivity contribution in [2.45, 2.75) is 25.4 Å². The van der Waals surface area contributed by atoms with E-state index in [-0.39, 0.29) is 11.7 Å². The molecule has 2 aliphatic rings. The van der Waals surface area contributed by atoms with Crippen molar-refractivity contribution in [3.63, 3.8) is 0 Å². The smallest absolute Gasteiger partial charge is 0.234 e. The molecule has 1 spiro atoms. The summed E-state index contributed by atoms with van der Waals surface area (Å²) in [5.41, 5.74) is 3.12. The Labute approximate surface area is 212 Å². The van der Waals surface area contributed by atoms with E-state index in [2.05, 4.69) is 50.2 Å². The minimum absolute atomic E-state index is 0.0818. The van der Waals surface area contributed by atoms with Gasteiger partial charge in [0.25, 0.3) is 0 Å². The Balaban J connectivity index is 1.31. The zero-order valence-electron chi connectivity index (χ0n) is 19.0. The molecular formula is C26H26BrN5OS. The van der Waals surface area contributed by atoms with Gasteiger partial charge in [0.1, 0.15) is 5.04 Å². The lowest BCUT2D eigenvalue weighted by Gasteiger charge is -2.34. The maximum Gasteiger partial charge on any atom is 0.234 e. The second-order valence-electron chi connectivity index (χ2n) is 8.55. The van der Waals surface area contributed by atoms with Gasteiger partial charge >= 0.3 is 0 Å². The summed E-state index contributed by atoms with van der Waals surface area (Å²) in [6, 6.07) is 18.0. The van der Waals surface area contributed by atoms with Crippen molar-refractivity contribution in [1.82, 2.24) is 9.88 Å². The number of piperidine rings is 1. The molecular weight excluding hydrogens is 510 g/mol. The van der Waals surface area contributed by atoms with Crippen LogP contribution in [0.3, 0.4) is 0 Å². The largest absolute Gasteiger partial charge is 0.324 e. The number of benzene rings is 2. The molecule has 0 aliphatic carbocycles. The highest BCUT2D eigenvalue weighted by Crippen LogP contribution is 2.35. The van der Waals surface area contributed by atoms with Gasteiger partial charge in [0, 0.05) is 41.4 Å². The molecule has 1 aromatic heterocycles. The third-order valence-corrected chi connectivity index (χ3v) is 7.76. The van der Waals surface area contributed by atoms with Gasteiger partial charge in [-0.3, -0.25) is 14.8 Å². The first-order chi connectivity index (χ1) is 16.5. The lowest BCUT2D eigenvalue weighted by Crippen LogP contribution is -2.41. The molecule has 0 bridgehead atoms. The van der Waals surface area contributed by atoms with Crippen LogP contribution in [0, 0.1) is 0 Å². The van der Waals surface area contributed by atoms with Gasteiger partial charge in [0.05, 0.1) is 28.9 Å². The third-order valence-electron chi connectivity index (χ3n) is 6.27. The van der Waals surface area contributed by atoms with E-state index in [0.29, 0.717) is 5.69 Å². The van der Waals surface area contributed by atoms with E-state index in [1.807, 2.05) is 42.5 Å². The van der Waals surface area contributed by atoms with Crippen LogP contribution < -0.4 is 5.32 Å². The van der Waals surface area contributed by atoms with Crippen molar-refractivity contribution in [3.8, 4) is 0 Å². The summed E-state index contributed by atoms with van der Waals surface area (Å²) in [6.45, 7) is 5.22. The van der Waals surface area contributed by atoms with E-state index in [0.717, 1.165) is 64.2 Å². The number of nitrogens with one attached hydrogen (secondary N) is 1. The van der Waals surface area contributed by atoms with Crippen LogP contribution in [0.15, 0.2) is 75.3 Å². The van der Waals surface area contributed by atoms with Crippen molar-refractivity contribution in [2.75, 3.05) is 30.7 Å². The summed E-state index contributed by atoms with van der Waals surface area (Å²) in [7, 11) is 0. The van der Waals surface area contributed by atoms with Crippen LogP contribution in [0.4, 0.5) is 5.69 Å². The highest BCUT2D eigenvalue weighted by molar-refractivity contribution is 9.10. The van der Waals surface area contributed by atoms with Crippen molar-refractivity contribution in [3.05, 3.63) is 70.8 Å². The van der Waals surface area contributed by atoms with Crippen molar-refractivity contribution >= 4 is 60.9 Å². The molecule has 174 valence electrons. The SMILES string of the molecule is CCN1CCC2(CC1)N=C(SCC(=O)Nc1cnc3ccccc3c1)C(c1ccc(Br)cc1)=N2. The van der Waals surface area contributed by atoms with Crippen LogP contribution in [-0.4, -0.2) is 57.6 Å². The van der Waals surface area contributed by atoms with E-state index in [4.69, 9.17) is 9.98 Å². The molecule has 3 heterocycles. The second kappa shape index (κ2) is 9.98. The number of anilines is 1. The van der Waals surface area contributed by atoms with E-state index < -0.39 is 5.66 Å². The van der Waals surface area contributed by atoms with Crippen LogP contribution >= 0.6 is 27.7 Å². The minimum atomic E-state index is -0.408. The van der Waals surface area contributed by atoms with Crippen LogP contribution in [0.1, 0.15) is 25.3 Å². The number of hydrogen-bond donors (Lipinski definition) is 1.